The van der Waals surface area contributed by atoms with Gasteiger partial charge in [0.1, 0.15) is 6.61 Å². The lowest BCUT2D eigenvalue weighted by atomic mass is 10.1. The maximum atomic E-state index is 12.2. The summed E-state index contributed by atoms with van der Waals surface area (Å²) in [4.78, 5) is 12.2. The summed E-state index contributed by atoms with van der Waals surface area (Å²) in [6.07, 6.45) is 3.93. The highest BCUT2D eigenvalue weighted by molar-refractivity contribution is 6.30. The third-order valence-corrected chi connectivity index (χ3v) is 5.10. The van der Waals surface area contributed by atoms with Gasteiger partial charge in [0, 0.05) is 21.2 Å². The molecule has 33 heavy (non-hydrogen) atoms. The number of hydrogen-bond donors (Lipinski definition) is 1. The molecule has 0 fully saturated rings. The molecule has 3 aromatic rings. The number of ether oxygens (including phenoxy) is 2. The van der Waals surface area contributed by atoms with Gasteiger partial charge in [-0.05, 0) is 73.0 Å². The zero-order valence-electron chi connectivity index (χ0n) is 18.2. The number of amides is 1. The smallest absolute Gasteiger partial charge is 0.271 e. The van der Waals surface area contributed by atoms with Gasteiger partial charge in [0.25, 0.3) is 5.91 Å². The maximum absolute atomic E-state index is 12.2. The summed E-state index contributed by atoms with van der Waals surface area (Å²) in [5.41, 5.74) is 5.62. The number of hydrazone groups is 1. The Morgan fingerprint density at radius 1 is 1.03 bits per heavy atom. The van der Waals surface area contributed by atoms with Crippen LogP contribution in [0.3, 0.4) is 0 Å². The van der Waals surface area contributed by atoms with Crippen LogP contribution in [-0.4, -0.2) is 18.7 Å². The van der Waals surface area contributed by atoms with E-state index >= 15 is 0 Å². The second-order valence-electron chi connectivity index (χ2n) is 7.05. The highest BCUT2D eigenvalue weighted by atomic mass is 35.5. The third-order valence-electron chi connectivity index (χ3n) is 4.60. The van der Waals surface area contributed by atoms with Crippen LogP contribution in [-0.2, 0) is 13.0 Å². The predicted octanol–water partition coefficient (Wildman–Crippen LogP) is 6.46. The van der Waals surface area contributed by atoms with E-state index in [1.165, 1.54) is 0 Å². The maximum Gasteiger partial charge on any atom is 0.271 e. The Morgan fingerprint density at radius 2 is 1.70 bits per heavy atom. The second-order valence-corrected chi connectivity index (χ2v) is 7.93. The first-order chi connectivity index (χ1) is 16.0. The van der Waals surface area contributed by atoms with E-state index in [0.29, 0.717) is 46.7 Å². The number of carbonyl (C=O) groups excluding carboxylic acids is 1. The van der Waals surface area contributed by atoms with Gasteiger partial charge in [-0.2, -0.15) is 5.10 Å². The third kappa shape index (κ3) is 7.11. The molecule has 3 rings (SSSR count). The van der Waals surface area contributed by atoms with Crippen LogP contribution in [0.4, 0.5) is 0 Å². The molecule has 0 aliphatic heterocycles. The molecule has 7 heteroatoms. The van der Waals surface area contributed by atoms with E-state index in [4.69, 9.17) is 32.7 Å². The molecule has 1 amide bonds. The molecule has 0 aliphatic rings. The largest absolute Gasteiger partial charge is 0.490 e. The van der Waals surface area contributed by atoms with Gasteiger partial charge in [-0.15, -0.1) is 6.58 Å². The number of carbonyl (C=O) groups is 1. The lowest BCUT2D eigenvalue weighted by Gasteiger charge is -2.17. The van der Waals surface area contributed by atoms with Crippen LogP contribution < -0.4 is 14.9 Å². The van der Waals surface area contributed by atoms with E-state index in [0.717, 1.165) is 16.7 Å². The van der Waals surface area contributed by atoms with Crippen LogP contribution in [0.5, 0.6) is 11.5 Å². The zero-order valence-corrected chi connectivity index (χ0v) is 19.7. The van der Waals surface area contributed by atoms with Crippen molar-refractivity contribution in [1.29, 1.82) is 0 Å². The zero-order chi connectivity index (χ0) is 23.6. The Kier molecular flexibility index (Phi) is 8.93. The molecular weight excluding hydrogens is 459 g/mol. The minimum atomic E-state index is -0.331. The molecule has 170 valence electrons. The molecule has 0 unspecified atom stereocenters. The summed E-state index contributed by atoms with van der Waals surface area (Å²) >= 11 is 11.8. The summed E-state index contributed by atoms with van der Waals surface area (Å²) < 4.78 is 12.0. The molecule has 0 saturated heterocycles. The van der Waals surface area contributed by atoms with Crippen molar-refractivity contribution in [2.24, 2.45) is 5.10 Å². The monoisotopic (exact) mass is 482 g/mol. The Bertz CT molecular complexity index is 1130. The van der Waals surface area contributed by atoms with Crippen molar-refractivity contribution in [3.05, 3.63) is 106 Å². The predicted molar refractivity (Wildman–Crippen MR) is 134 cm³/mol. The van der Waals surface area contributed by atoms with Crippen molar-refractivity contribution in [3.8, 4) is 11.5 Å². The van der Waals surface area contributed by atoms with Crippen molar-refractivity contribution in [3.63, 3.8) is 0 Å². The number of hydrogen-bond acceptors (Lipinski definition) is 4. The number of halogens is 2. The van der Waals surface area contributed by atoms with Crippen LogP contribution >= 0.6 is 23.2 Å². The molecule has 0 spiro atoms. The first-order valence-corrected chi connectivity index (χ1v) is 11.1. The molecule has 5 nitrogen and oxygen atoms in total. The number of benzene rings is 3. The molecule has 0 aromatic heterocycles. The van der Waals surface area contributed by atoms with Crippen LogP contribution in [0.1, 0.15) is 34.0 Å². The topological polar surface area (TPSA) is 59.9 Å². The first-order valence-electron chi connectivity index (χ1n) is 10.4. The SMILES string of the molecule is C=CCc1cc(/C=N\NC(=O)c2ccc(Cl)cc2)cc(OCC)c1OCc1ccc(Cl)cc1. The lowest BCUT2D eigenvalue weighted by Crippen LogP contribution is -2.17. The number of nitrogens with zero attached hydrogens (tertiary/aromatic N) is 1. The van der Waals surface area contributed by atoms with Crippen LogP contribution in [0, 0.1) is 0 Å². The van der Waals surface area contributed by atoms with E-state index in [1.54, 1.807) is 36.6 Å². The fourth-order valence-electron chi connectivity index (χ4n) is 3.06. The minimum Gasteiger partial charge on any atom is -0.490 e. The molecule has 0 saturated carbocycles. The van der Waals surface area contributed by atoms with E-state index in [1.807, 2.05) is 43.3 Å². The normalized spacial score (nSPS) is 10.8. The minimum absolute atomic E-state index is 0.331. The van der Waals surface area contributed by atoms with Gasteiger partial charge in [0.15, 0.2) is 11.5 Å². The van der Waals surface area contributed by atoms with Gasteiger partial charge in [0.05, 0.1) is 12.8 Å². The fraction of sp³-hybridized carbons (Fsp3) is 0.154. The van der Waals surface area contributed by atoms with Crippen molar-refractivity contribution in [2.45, 2.75) is 20.0 Å². The lowest BCUT2D eigenvalue weighted by molar-refractivity contribution is 0.0955. The van der Waals surface area contributed by atoms with E-state index < -0.39 is 0 Å². The number of nitrogens with one attached hydrogen (secondary N) is 1. The average molecular weight is 483 g/mol. The Hall–Kier alpha value is -3.28. The van der Waals surface area contributed by atoms with Crippen LogP contribution in [0.15, 0.2) is 78.4 Å². The second kappa shape index (κ2) is 12.1. The highest BCUT2D eigenvalue weighted by Gasteiger charge is 2.13. The van der Waals surface area contributed by atoms with Crippen molar-refractivity contribution in [2.75, 3.05) is 6.61 Å². The molecule has 0 atom stereocenters. The summed E-state index contributed by atoms with van der Waals surface area (Å²) in [6, 6.07) is 17.8. The van der Waals surface area contributed by atoms with Gasteiger partial charge in [0.2, 0.25) is 0 Å². The Balaban J connectivity index is 1.79. The summed E-state index contributed by atoms with van der Waals surface area (Å²) in [5, 5.41) is 5.32. The molecule has 1 N–H and O–H groups in total. The first kappa shape index (κ1) is 24.4. The molecular formula is C26H24Cl2N2O3. The summed E-state index contributed by atoms with van der Waals surface area (Å²) in [6.45, 7) is 6.59. The van der Waals surface area contributed by atoms with Crippen molar-refractivity contribution < 1.29 is 14.3 Å². The Labute approximate surface area is 203 Å². The molecule has 0 radical (unpaired) electrons. The quantitative estimate of drug-likeness (QED) is 0.205. The molecule has 0 heterocycles. The van der Waals surface area contributed by atoms with Gasteiger partial charge < -0.3 is 9.47 Å². The van der Waals surface area contributed by atoms with Crippen molar-refractivity contribution >= 4 is 35.3 Å². The van der Waals surface area contributed by atoms with Crippen LogP contribution in [0.25, 0.3) is 0 Å². The number of rotatable bonds is 10. The van der Waals surface area contributed by atoms with E-state index in [9.17, 15) is 4.79 Å². The molecule has 0 bridgehead atoms. The molecule has 0 aliphatic carbocycles. The van der Waals surface area contributed by atoms with Gasteiger partial charge in [-0.1, -0.05) is 41.4 Å². The summed E-state index contributed by atoms with van der Waals surface area (Å²) in [5.74, 6) is 0.910. The van der Waals surface area contributed by atoms with Gasteiger partial charge >= 0.3 is 0 Å². The van der Waals surface area contributed by atoms with Crippen molar-refractivity contribution in [1.82, 2.24) is 5.43 Å². The number of allylic oxidation sites excluding steroid dienone is 1. The van der Waals surface area contributed by atoms with Gasteiger partial charge in [-0.3, -0.25) is 4.79 Å². The average Bonchev–Trinajstić information content (AvgIpc) is 2.80. The molecule has 3 aromatic carbocycles. The standard InChI is InChI=1S/C26H24Cl2N2O3/c1-3-5-21-14-19(16-29-30-26(31)20-8-12-23(28)13-9-20)15-24(32-4-2)25(21)33-17-18-6-10-22(27)11-7-18/h3,6-16H,1,4-5,17H2,2H3,(H,30,31)/b29-16-. The summed E-state index contributed by atoms with van der Waals surface area (Å²) in [7, 11) is 0. The Morgan fingerprint density at radius 3 is 2.33 bits per heavy atom. The fourth-order valence-corrected chi connectivity index (χ4v) is 3.31. The van der Waals surface area contributed by atoms with E-state index in [-0.39, 0.29) is 5.91 Å². The highest BCUT2D eigenvalue weighted by Crippen LogP contribution is 2.34. The van der Waals surface area contributed by atoms with Gasteiger partial charge in [-0.25, -0.2) is 5.43 Å². The van der Waals surface area contributed by atoms with E-state index in [2.05, 4.69) is 17.1 Å². The van der Waals surface area contributed by atoms with Crippen LogP contribution in [0.2, 0.25) is 10.0 Å².